The van der Waals surface area contributed by atoms with Crippen molar-refractivity contribution in [2.45, 2.75) is 30.6 Å². The molecule has 0 radical (unpaired) electrons. The SMILES string of the molecule is CCC(C)(C(N)=O)c1nnc(NS(=O)(=O)c2c(Cl)cc(Cl)cc2Cl)s1. The van der Waals surface area contributed by atoms with E-state index in [4.69, 9.17) is 40.5 Å². The summed E-state index contributed by atoms with van der Waals surface area (Å²) in [6, 6.07) is 2.52. The Labute approximate surface area is 163 Å². The standard InChI is InChI=1S/C13H13Cl3N4O3S2/c1-3-13(2,10(17)21)11-18-19-12(24-11)20-25(22,23)9-7(15)4-6(14)5-8(9)16/h4-5H,3H2,1-2H3,(H2,17,21)(H,19,20). The Balaban J connectivity index is 2.40. The second-order valence-electron chi connectivity index (χ2n) is 5.27. The van der Waals surface area contributed by atoms with E-state index in [9.17, 15) is 13.2 Å². The number of nitrogens with one attached hydrogen (secondary N) is 1. The van der Waals surface area contributed by atoms with Crippen molar-refractivity contribution in [3.63, 3.8) is 0 Å². The summed E-state index contributed by atoms with van der Waals surface area (Å²) in [5.74, 6) is -0.579. The number of aromatic nitrogens is 2. The Morgan fingerprint density at radius 3 is 2.32 bits per heavy atom. The van der Waals surface area contributed by atoms with Gasteiger partial charge in [0.05, 0.1) is 15.5 Å². The van der Waals surface area contributed by atoms with Crippen LogP contribution in [0.4, 0.5) is 5.13 Å². The molecule has 25 heavy (non-hydrogen) atoms. The van der Waals surface area contributed by atoms with Crippen LogP contribution < -0.4 is 10.5 Å². The lowest BCUT2D eigenvalue weighted by atomic mass is 9.88. The molecule has 12 heteroatoms. The Bertz CT molecular complexity index is 909. The van der Waals surface area contributed by atoms with Crippen molar-refractivity contribution >= 4 is 67.2 Å². The summed E-state index contributed by atoms with van der Waals surface area (Å²) >= 11 is 18.6. The minimum Gasteiger partial charge on any atom is -0.369 e. The van der Waals surface area contributed by atoms with Gasteiger partial charge in [-0.15, -0.1) is 10.2 Å². The molecular formula is C13H13Cl3N4O3S2. The fraction of sp³-hybridized carbons (Fsp3) is 0.308. The number of halogens is 3. The van der Waals surface area contributed by atoms with Gasteiger partial charge in [-0.2, -0.15) is 0 Å². The zero-order valence-corrected chi connectivity index (χ0v) is 16.9. The lowest BCUT2D eigenvalue weighted by molar-refractivity contribution is -0.123. The number of nitrogens with zero attached hydrogens (tertiary/aromatic N) is 2. The molecule has 7 nitrogen and oxygen atoms in total. The molecule has 0 saturated carbocycles. The average molecular weight is 444 g/mol. The number of carbonyl (C=O) groups excluding carboxylic acids is 1. The molecule has 0 saturated heterocycles. The van der Waals surface area contributed by atoms with Gasteiger partial charge in [0.25, 0.3) is 10.0 Å². The van der Waals surface area contributed by atoms with E-state index in [0.717, 1.165) is 11.3 Å². The summed E-state index contributed by atoms with van der Waals surface area (Å²) < 4.78 is 27.3. The van der Waals surface area contributed by atoms with Gasteiger partial charge in [0.2, 0.25) is 11.0 Å². The largest absolute Gasteiger partial charge is 0.369 e. The first-order chi connectivity index (χ1) is 11.5. The number of primary amides is 1. The van der Waals surface area contributed by atoms with Gasteiger partial charge >= 0.3 is 0 Å². The Morgan fingerprint density at radius 2 is 1.84 bits per heavy atom. The number of amides is 1. The fourth-order valence-corrected chi connectivity index (χ4v) is 5.61. The molecule has 0 aliphatic carbocycles. The zero-order chi connectivity index (χ0) is 19.0. The van der Waals surface area contributed by atoms with E-state index in [1.54, 1.807) is 13.8 Å². The maximum atomic E-state index is 12.5. The van der Waals surface area contributed by atoms with Crippen LogP contribution in [-0.2, 0) is 20.2 Å². The first kappa shape index (κ1) is 20.2. The highest BCUT2D eigenvalue weighted by Crippen LogP contribution is 2.36. The third kappa shape index (κ3) is 4.01. The van der Waals surface area contributed by atoms with Gasteiger partial charge in [-0.25, -0.2) is 8.42 Å². The van der Waals surface area contributed by atoms with Crippen LogP contribution in [0, 0.1) is 0 Å². The number of hydrogen-bond acceptors (Lipinski definition) is 6. The van der Waals surface area contributed by atoms with Crippen molar-refractivity contribution in [3.8, 4) is 0 Å². The third-order valence-electron chi connectivity index (χ3n) is 3.60. The summed E-state index contributed by atoms with van der Waals surface area (Å²) in [4.78, 5) is 11.3. The number of sulfonamides is 1. The van der Waals surface area contributed by atoms with E-state index in [1.807, 2.05) is 0 Å². The number of benzene rings is 1. The van der Waals surface area contributed by atoms with Crippen LogP contribution in [0.1, 0.15) is 25.3 Å². The van der Waals surface area contributed by atoms with E-state index < -0.39 is 21.3 Å². The van der Waals surface area contributed by atoms with Crippen molar-refractivity contribution in [2.75, 3.05) is 4.72 Å². The second kappa shape index (κ2) is 7.24. The molecule has 0 spiro atoms. The van der Waals surface area contributed by atoms with Gasteiger partial charge in [0.15, 0.2) is 0 Å². The van der Waals surface area contributed by atoms with Crippen LogP contribution in [0.15, 0.2) is 17.0 Å². The summed E-state index contributed by atoms with van der Waals surface area (Å²) in [6.07, 6.45) is 0.387. The molecule has 1 atom stereocenters. The third-order valence-corrected chi connectivity index (χ3v) is 7.31. The summed E-state index contributed by atoms with van der Waals surface area (Å²) in [6.45, 7) is 3.38. The summed E-state index contributed by atoms with van der Waals surface area (Å²) in [5.41, 5.74) is 4.36. The Morgan fingerprint density at radius 1 is 1.28 bits per heavy atom. The predicted molar refractivity (Wildman–Crippen MR) is 99.0 cm³/mol. The molecule has 1 amide bonds. The quantitative estimate of drug-likeness (QED) is 0.709. The van der Waals surface area contributed by atoms with E-state index in [1.165, 1.54) is 12.1 Å². The number of carbonyl (C=O) groups is 1. The highest BCUT2D eigenvalue weighted by molar-refractivity contribution is 7.93. The van der Waals surface area contributed by atoms with Crippen molar-refractivity contribution in [1.82, 2.24) is 10.2 Å². The molecule has 1 unspecified atom stereocenters. The normalized spacial score (nSPS) is 14.1. The first-order valence-electron chi connectivity index (χ1n) is 6.82. The Kier molecular flexibility index (Phi) is 5.85. The Hall–Kier alpha value is -1.13. The zero-order valence-electron chi connectivity index (χ0n) is 13.0. The van der Waals surface area contributed by atoms with Gasteiger partial charge in [0, 0.05) is 5.02 Å². The van der Waals surface area contributed by atoms with Gasteiger partial charge in [-0.1, -0.05) is 53.1 Å². The van der Waals surface area contributed by atoms with Crippen molar-refractivity contribution in [1.29, 1.82) is 0 Å². The monoisotopic (exact) mass is 442 g/mol. The maximum absolute atomic E-state index is 12.5. The van der Waals surface area contributed by atoms with Gasteiger partial charge < -0.3 is 5.73 Å². The summed E-state index contributed by atoms with van der Waals surface area (Å²) in [5, 5.41) is 7.82. The maximum Gasteiger partial charge on any atom is 0.266 e. The topological polar surface area (TPSA) is 115 Å². The van der Waals surface area contributed by atoms with Crippen LogP contribution in [-0.4, -0.2) is 24.5 Å². The smallest absolute Gasteiger partial charge is 0.266 e. The molecular weight excluding hydrogens is 431 g/mol. The second-order valence-corrected chi connectivity index (χ2v) is 9.11. The molecule has 1 aromatic heterocycles. The van der Waals surface area contributed by atoms with Crippen LogP contribution in [0.3, 0.4) is 0 Å². The van der Waals surface area contributed by atoms with Gasteiger partial charge in [0.1, 0.15) is 9.90 Å². The minimum atomic E-state index is -4.13. The molecule has 1 heterocycles. The van der Waals surface area contributed by atoms with E-state index in [2.05, 4.69) is 14.9 Å². The number of anilines is 1. The molecule has 1 aromatic carbocycles. The molecule has 0 aliphatic rings. The molecule has 0 aliphatic heterocycles. The molecule has 2 aromatic rings. The molecule has 136 valence electrons. The molecule has 3 N–H and O–H groups in total. The molecule has 0 fully saturated rings. The van der Waals surface area contributed by atoms with Crippen LogP contribution in [0.5, 0.6) is 0 Å². The van der Waals surface area contributed by atoms with Crippen molar-refractivity contribution in [3.05, 3.63) is 32.2 Å². The molecule has 2 rings (SSSR count). The average Bonchev–Trinajstić information content (AvgIpc) is 2.92. The lowest BCUT2D eigenvalue weighted by Crippen LogP contribution is -2.37. The van der Waals surface area contributed by atoms with Crippen molar-refractivity contribution in [2.24, 2.45) is 5.73 Å². The highest BCUT2D eigenvalue weighted by atomic mass is 35.5. The van der Waals surface area contributed by atoms with Crippen LogP contribution in [0.2, 0.25) is 15.1 Å². The number of hydrogen-bond donors (Lipinski definition) is 2. The van der Waals surface area contributed by atoms with E-state index in [-0.39, 0.29) is 25.1 Å². The van der Waals surface area contributed by atoms with Crippen molar-refractivity contribution < 1.29 is 13.2 Å². The van der Waals surface area contributed by atoms with Gasteiger partial charge in [-0.3, -0.25) is 9.52 Å². The first-order valence-corrected chi connectivity index (χ1v) is 10.3. The number of rotatable bonds is 6. The number of nitrogens with two attached hydrogens (primary N) is 1. The fourth-order valence-electron chi connectivity index (χ4n) is 1.87. The lowest BCUT2D eigenvalue weighted by Gasteiger charge is -2.20. The van der Waals surface area contributed by atoms with Gasteiger partial charge in [-0.05, 0) is 25.5 Å². The summed E-state index contributed by atoms with van der Waals surface area (Å²) in [7, 11) is -4.13. The minimum absolute atomic E-state index is 0.0435. The van der Waals surface area contributed by atoms with E-state index in [0.29, 0.717) is 11.4 Å². The molecule has 0 bridgehead atoms. The van der Waals surface area contributed by atoms with E-state index >= 15 is 0 Å². The predicted octanol–water partition coefficient (Wildman–Crippen LogP) is 3.45. The van der Waals surface area contributed by atoms with Crippen LogP contribution in [0.25, 0.3) is 0 Å². The van der Waals surface area contributed by atoms with Crippen LogP contribution >= 0.6 is 46.1 Å². The highest BCUT2D eigenvalue weighted by Gasteiger charge is 2.36.